The number of anilines is 1. The minimum Gasteiger partial charge on any atom is -0.387 e. The average Bonchev–Trinajstić information content (AvgIpc) is 2.65. The van der Waals surface area contributed by atoms with E-state index >= 15 is 0 Å². The SMILES string of the molecule is C=C[C@@H]1CN2CC[C@H]1C[C@H]2[C@H](O)C1=CC(O[I+3]([O-])([O-])[O-])Nc2ccccc21. The van der Waals surface area contributed by atoms with Crippen LogP contribution in [0.25, 0.3) is 5.57 Å². The second kappa shape index (κ2) is 7.43. The number of hydrogen-bond donors (Lipinski definition) is 2. The highest BCUT2D eigenvalue weighted by atomic mass is 127. The van der Waals surface area contributed by atoms with Gasteiger partial charge in [-0.25, -0.2) is 0 Å². The number of nitrogens with zero attached hydrogens (tertiary/aromatic N) is 1. The molecule has 146 valence electrons. The predicted octanol–water partition coefficient (Wildman–Crippen LogP) is -4.00. The van der Waals surface area contributed by atoms with E-state index in [1.54, 1.807) is 12.1 Å². The molecule has 1 aromatic carbocycles. The van der Waals surface area contributed by atoms with E-state index in [4.69, 9.17) is 0 Å². The first-order chi connectivity index (χ1) is 12.9. The normalized spacial score (nSPS) is 33.6. The molecule has 4 aliphatic rings. The van der Waals surface area contributed by atoms with Crippen molar-refractivity contribution in [3.05, 3.63) is 48.6 Å². The number of rotatable bonds is 5. The molecule has 2 N–H and O–H groups in total. The van der Waals surface area contributed by atoms with Crippen molar-refractivity contribution in [1.29, 1.82) is 0 Å². The zero-order chi connectivity index (χ0) is 19.2. The Morgan fingerprint density at radius 1 is 1.33 bits per heavy atom. The van der Waals surface area contributed by atoms with E-state index in [9.17, 15) is 15.4 Å². The van der Waals surface area contributed by atoms with Crippen LogP contribution in [-0.2, 0) is 3.07 Å². The van der Waals surface area contributed by atoms with Crippen molar-refractivity contribution in [1.82, 2.24) is 4.90 Å². The summed E-state index contributed by atoms with van der Waals surface area (Å²) in [5.41, 5.74) is 2.05. The monoisotopic (exact) mass is 486 g/mol. The van der Waals surface area contributed by atoms with Crippen LogP contribution in [0.2, 0.25) is 0 Å². The van der Waals surface area contributed by atoms with Crippen molar-refractivity contribution in [2.24, 2.45) is 11.8 Å². The Balaban J connectivity index is 1.62. The van der Waals surface area contributed by atoms with Crippen molar-refractivity contribution in [3.8, 4) is 0 Å². The van der Waals surface area contributed by atoms with E-state index in [0.29, 0.717) is 23.1 Å². The maximum absolute atomic E-state index is 11.2. The maximum atomic E-state index is 11.2. The second-order valence-corrected chi connectivity index (χ2v) is 10.1. The number of fused-ring (bicyclic) bond motifs is 4. The topological polar surface area (TPSA) is 114 Å². The lowest BCUT2D eigenvalue weighted by atomic mass is 9.73. The molecule has 0 aromatic heterocycles. The number of nitrogens with one attached hydrogen (secondary N) is 1. The van der Waals surface area contributed by atoms with Crippen molar-refractivity contribution >= 4 is 11.3 Å². The summed E-state index contributed by atoms with van der Waals surface area (Å²) in [6.45, 7) is 5.74. The zero-order valence-corrected chi connectivity index (χ0v) is 16.9. The van der Waals surface area contributed by atoms with Crippen LogP contribution in [0.4, 0.5) is 5.69 Å². The van der Waals surface area contributed by atoms with Gasteiger partial charge in [0, 0.05) is 23.8 Å². The Morgan fingerprint density at radius 2 is 2.11 bits per heavy atom. The largest absolute Gasteiger partial charge is 0.387 e. The molecule has 7 nitrogen and oxygen atoms in total. The predicted molar refractivity (Wildman–Crippen MR) is 90.7 cm³/mol. The van der Waals surface area contributed by atoms with E-state index in [0.717, 1.165) is 31.5 Å². The van der Waals surface area contributed by atoms with Crippen molar-refractivity contribution in [2.75, 3.05) is 18.4 Å². The molecule has 0 saturated carbocycles. The number of hydrogen-bond acceptors (Lipinski definition) is 7. The molecule has 0 amide bonds. The van der Waals surface area contributed by atoms with Gasteiger partial charge in [0.25, 0.3) is 6.23 Å². The Morgan fingerprint density at radius 3 is 2.78 bits per heavy atom. The average molecular weight is 486 g/mol. The Kier molecular flexibility index (Phi) is 5.32. The molecule has 4 aliphatic heterocycles. The molecule has 0 radical (unpaired) electrons. The number of benzene rings is 1. The molecule has 4 heterocycles. The van der Waals surface area contributed by atoms with Gasteiger partial charge in [0.05, 0.1) is 9.17 Å². The van der Waals surface area contributed by atoms with Crippen LogP contribution < -0.4 is 35.7 Å². The van der Waals surface area contributed by atoms with E-state index in [1.165, 1.54) is 6.08 Å². The summed E-state index contributed by atoms with van der Waals surface area (Å²) in [5, 5.41) is 14.1. The van der Waals surface area contributed by atoms with Gasteiger partial charge in [-0.1, -0.05) is 24.3 Å². The number of para-hydroxylation sites is 1. The molecule has 2 bridgehead atoms. The molecular formula is C19H23IN2O5. The fraction of sp³-hybridized carbons (Fsp3) is 0.474. The number of halogens is 1. The number of piperidine rings is 3. The molecule has 0 aliphatic carbocycles. The first-order valence-corrected chi connectivity index (χ1v) is 12.6. The van der Waals surface area contributed by atoms with Crippen LogP contribution in [0, 0.1) is 11.8 Å². The van der Waals surface area contributed by atoms with Gasteiger partial charge in [-0.3, -0.25) is 15.2 Å². The molecule has 6 atom stereocenters. The summed E-state index contributed by atoms with van der Waals surface area (Å²) in [6.07, 6.45) is 3.60. The van der Waals surface area contributed by atoms with Crippen LogP contribution in [0.3, 0.4) is 0 Å². The minimum absolute atomic E-state index is 0.0459. The number of aliphatic hydroxyl groups is 1. The van der Waals surface area contributed by atoms with Gasteiger partial charge in [0.2, 0.25) is 0 Å². The molecular weight excluding hydrogens is 463 g/mol. The summed E-state index contributed by atoms with van der Waals surface area (Å²) in [5.74, 6) is 0.950. The third kappa shape index (κ3) is 3.93. The van der Waals surface area contributed by atoms with Crippen LogP contribution in [0.15, 0.2) is 43.0 Å². The van der Waals surface area contributed by atoms with Gasteiger partial charge < -0.3 is 10.4 Å². The lowest BCUT2D eigenvalue weighted by molar-refractivity contribution is -1.92. The van der Waals surface area contributed by atoms with E-state index in [1.807, 2.05) is 18.2 Å². The van der Waals surface area contributed by atoms with Gasteiger partial charge >= 0.3 is 20.1 Å². The molecule has 5 rings (SSSR count). The Labute approximate surface area is 164 Å². The van der Waals surface area contributed by atoms with E-state index in [-0.39, 0.29) is 6.04 Å². The zero-order valence-electron chi connectivity index (χ0n) is 14.8. The summed E-state index contributed by atoms with van der Waals surface area (Å²) in [7, 11) is 0. The third-order valence-electron chi connectivity index (χ3n) is 5.91. The third-order valence-corrected chi connectivity index (χ3v) is 7.08. The summed E-state index contributed by atoms with van der Waals surface area (Å²) < 4.78 is 38.1. The molecule has 3 saturated heterocycles. The molecule has 0 spiro atoms. The molecule has 1 aromatic rings. The van der Waals surface area contributed by atoms with Crippen molar-refractivity contribution < 1.29 is 38.6 Å². The van der Waals surface area contributed by atoms with Crippen molar-refractivity contribution in [3.63, 3.8) is 0 Å². The fourth-order valence-electron chi connectivity index (χ4n) is 4.64. The molecule has 2 unspecified atom stereocenters. The minimum atomic E-state index is -5.88. The van der Waals surface area contributed by atoms with Crippen LogP contribution in [-0.4, -0.2) is 41.5 Å². The second-order valence-electron chi connectivity index (χ2n) is 7.39. The molecule has 27 heavy (non-hydrogen) atoms. The first-order valence-electron chi connectivity index (χ1n) is 9.07. The summed E-state index contributed by atoms with van der Waals surface area (Å²) >= 11 is -5.88. The highest BCUT2D eigenvalue weighted by Gasteiger charge is 2.44. The van der Waals surface area contributed by atoms with E-state index < -0.39 is 32.4 Å². The molecule has 3 fully saturated rings. The lowest BCUT2D eigenvalue weighted by Gasteiger charge is -2.51. The summed E-state index contributed by atoms with van der Waals surface area (Å²) in [6, 6.07) is 7.27. The smallest absolute Gasteiger partial charge is 0.376 e. The van der Waals surface area contributed by atoms with E-state index in [2.05, 4.69) is 19.9 Å². The van der Waals surface area contributed by atoms with Gasteiger partial charge in [-0.15, -0.1) is 6.58 Å². The number of aliphatic hydroxyl groups excluding tert-OH is 1. The van der Waals surface area contributed by atoms with Crippen molar-refractivity contribution in [2.45, 2.75) is 31.2 Å². The van der Waals surface area contributed by atoms with Gasteiger partial charge in [-0.05, 0) is 48.9 Å². The molecule has 8 heteroatoms. The quantitative estimate of drug-likeness (QED) is 0.322. The van der Waals surface area contributed by atoms with Crippen LogP contribution in [0.5, 0.6) is 0 Å². The fourth-order valence-corrected chi connectivity index (χ4v) is 5.59. The Hall–Kier alpha value is -1.01. The van der Waals surface area contributed by atoms with Crippen LogP contribution >= 0.6 is 0 Å². The summed E-state index contributed by atoms with van der Waals surface area (Å²) in [4.78, 5) is 2.29. The van der Waals surface area contributed by atoms with Crippen LogP contribution in [0.1, 0.15) is 18.4 Å². The Bertz CT molecular complexity index is 750. The van der Waals surface area contributed by atoms with Gasteiger partial charge in [0.1, 0.15) is 0 Å². The highest BCUT2D eigenvalue weighted by Crippen LogP contribution is 2.41. The standard InChI is InChI=1S/C19H23IN2O5/c1-2-12-11-22-8-7-13(12)9-17(22)19(23)15-10-18(27-20(24,25)26)21-16-6-4-3-5-14(15)16/h2-6,10,12-13,17-19,21,23H,1,7-9,11H2/t12-,13+,17+,18?,19-/m1/s1. The van der Waals surface area contributed by atoms with Gasteiger partial charge in [0.15, 0.2) is 0 Å². The lowest BCUT2D eigenvalue weighted by Crippen LogP contribution is -4.24. The van der Waals surface area contributed by atoms with Gasteiger partial charge in [-0.2, -0.15) is 0 Å². The maximum Gasteiger partial charge on any atom is 0.376 e. The highest BCUT2D eigenvalue weighted by molar-refractivity contribution is 5.82. The first kappa shape index (κ1) is 19.3.